The third-order valence-electron chi connectivity index (χ3n) is 4.39. The maximum atomic E-state index is 12.5. The van der Waals surface area contributed by atoms with Crippen LogP contribution in [0, 0.1) is 50.3 Å². The lowest BCUT2D eigenvalue weighted by molar-refractivity contribution is -0.137. The van der Waals surface area contributed by atoms with E-state index in [1.807, 2.05) is 107 Å². The van der Waals surface area contributed by atoms with Gasteiger partial charge in [0.05, 0.1) is 11.1 Å². The van der Waals surface area contributed by atoms with Gasteiger partial charge in [0.25, 0.3) is 0 Å². The molecule has 0 aliphatic rings. The standard InChI is InChI=1S/C9H10F3N.C9H8.C8H6FN.C3H4O.5C2H6/c1-6-3-4-8(13-2)7(5-6)9(10,11)12;1-3-9-7-5-4-6-8(9)2;1-6-2-3-8(9)7(4-6)5-10;1-2-3-4;5*1-2/h3-5,13H,1-2H3;1,4-7H,2H3;2-4H,1H3;2-3H,1H2;5*1-2H3. The number of aldehydes is 1. The number of halogens is 4. The van der Waals surface area contributed by atoms with Gasteiger partial charge in [-0.2, -0.15) is 18.4 Å². The quantitative estimate of drug-likeness (QED) is 0.130. The summed E-state index contributed by atoms with van der Waals surface area (Å²) in [7, 11) is 1.47. The largest absolute Gasteiger partial charge is 0.418 e. The maximum Gasteiger partial charge on any atom is 0.418 e. The normalized spacial score (nSPS) is 7.91. The zero-order valence-electron chi connectivity index (χ0n) is 30.6. The Hall–Kier alpha value is -4.36. The van der Waals surface area contributed by atoms with Crippen molar-refractivity contribution in [1.82, 2.24) is 0 Å². The third kappa shape index (κ3) is 28.4. The van der Waals surface area contributed by atoms with E-state index in [-0.39, 0.29) is 11.3 Å². The summed E-state index contributed by atoms with van der Waals surface area (Å²) in [5, 5.41) is 10.9. The predicted octanol–water partition coefficient (Wildman–Crippen LogP) is 12.5. The average molecular weight is 647 g/mol. The lowest BCUT2D eigenvalue weighted by Crippen LogP contribution is -2.09. The number of alkyl halides is 3. The van der Waals surface area contributed by atoms with E-state index in [1.165, 1.54) is 36.9 Å². The number of hydrogen-bond donors (Lipinski definition) is 1. The van der Waals surface area contributed by atoms with Gasteiger partial charge in [-0.15, -0.1) is 6.42 Å². The van der Waals surface area contributed by atoms with Crippen molar-refractivity contribution in [2.75, 3.05) is 12.4 Å². The first-order chi connectivity index (χ1) is 21.9. The molecule has 3 rings (SSSR count). The van der Waals surface area contributed by atoms with Gasteiger partial charge in [0, 0.05) is 18.3 Å². The summed E-state index contributed by atoms with van der Waals surface area (Å²) in [6.07, 6.45) is 2.75. The second-order valence-corrected chi connectivity index (χ2v) is 7.22. The molecule has 3 nitrogen and oxygen atoms in total. The molecule has 0 unspecified atom stereocenters. The Morgan fingerprint density at radius 2 is 1.22 bits per heavy atom. The summed E-state index contributed by atoms with van der Waals surface area (Å²) in [6, 6.07) is 18.3. The molecule has 0 spiro atoms. The van der Waals surface area contributed by atoms with E-state index in [0.717, 1.165) is 17.2 Å². The first kappa shape index (κ1) is 54.1. The fourth-order valence-corrected chi connectivity index (χ4v) is 2.57. The molecular weight excluding hydrogens is 588 g/mol. The highest BCUT2D eigenvalue weighted by Gasteiger charge is 2.33. The summed E-state index contributed by atoms with van der Waals surface area (Å²) < 4.78 is 49.7. The fourth-order valence-electron chi connectivity index (χ4n) is 2.57. The average Bonchev–Trinajstić information content (AvgIpc) is 3.10. The molecule has 0 atom stereocenters. The van der Waals surface area contributed by atoms with E-state index in [0.29, 0.717) is 11.8 Å². The number of carbonyl (C=O) groups is 1. The molecule has 0 amide bonds. The van der Waals surface area contributed by atoms with E-state index in [4.69, 9.17) is 16.5 Å². The summed E-state index contributed by atoms with van der Waals surface area (Å²) >= 11 is 0. The summed E-state index contributed by atoms with van der Waals surface area (Å²) in [4.78, 5) is 9.06. The van der Waals surface area contributed by atoms with Crippen molar-refractivity contribution < 1.29 is 22.4 Å². The van der Waals surface area contributed by atoms with Gasteiger partial charge in [-0.05, 0) is 68.3 Å². The van der Waals surface area contributed by atoms with Crippen molar-refractivity contribution in [2.45, 2.75) is 96.2 Å². The van der Waals surface area contributed by atoms with Crippen LogP contribution in [0.3, 0.4) is 0 Å². The van der Waals surface area contributed by atoms with Gasteiger partial charge in [-0.1, -0.05) is 118 Å². The number of carbonyl (C=O) groups excluding carboxylic acids is 1. The van der Waals surface area contributed by atoms with Crippen LogP contribution in [0.1, 0.15) is 103 Å². The van der Waals surface area contributed by atoms with Crippen LogP contribution < -0.4 is 5.32 Å². The van der Waals surface area contributed by atoms with Crippen LogP contribution >= 0.6 is 0 Å². The molecule has 0 fully saturated rings. The van der Waals surface area contributed by atoms with Gasteiger partial charge in [0.1, 0.15) is 18.2 Å². The molecule has 46 heavy (non-hydrogen) atoms. The Balaban J connectivity index is -0.000000110. The van der Waals surface area contributed by atoms with Crippen molar-refractivity contribution in [3.05, 3.63) is 113 Å². The highest BCUT2D eigenvalue weighted by molar-refractivity contribution is 5.63. The number of terminal acetylenes is 1. The predicted molar refractivity (Wildman–Crippen MR) is 194 cm³/mol. The lowest BCUT2D eigenvalue weighted by Gasteiger charge is -2.12. The van der Waals surface area contributed by atoms with Crippen molar-refractivity contribution in [1.29, 1.82) is 5.26 Å². The Morgan fingerprint density at radius 1 is 0.783 bits per heavy atom. The molecule has 0 saturated carbocycles. The van der Waals surface area contributed by atoms with E-state index >= 15 is 0 Å². The SMILES string of the molecule is C#Cc1ccccc1C.C=CC=O.CC.CC.CC.CC.CC.CNc1ccc(C)cc1C(F)(F)F.Cc1ccc(F)c(C#N)c1. The van der Waals surface area contributed by atoms with Gasteiger partial charge in [-0.3, -0.25) is 4.79 Å². The number of rotatable bonds is 2. The molecule has 3 aromatic rings. The third-order valence-corrected chi connectivity index (χ3v) is 4.39. The van der Waals surface area contributed by atoms with Crippen molar-refractivity contribution >= 4 is 12.0 Å². The number of allylic oxidation sites excluding steroid dienone is 1. The monoisotopic (exact) mass is 646 g/mol. The molecular formula is C39H58F4N2O. The van der Waals surface area contributed by atoms with Crippen molar-refractivity contribution in [3.8, 4) is 18.4 Å². The molecule has 0 aromatic heterocycles. The van der Waals surface area contributed by atoms with Gasteiger partial charge in [-0.25, -0.2) is 4.39 Å². The number of benzene rings is 3. The topological polar surface area (TPSA) is 52.9 Å². The second kappa shape index (κ2) is 38.7. The van der Waals surface area contributed by atoms with Crippen LogP contribution in [0.25, 0.3) is 0 Å². The first-order valence-corrected chi connectivity index (χ1v) is 15.5. The van der Waals surface area contributed by atoms with Gasteiger partial charge >= 0.3 is 6.18 Å². The number of nitriles is 1. The highest BCUT2D eigenvalue weighted by Crippen LogP contribution is 2.35. The minimum absolute atomic E-state index is 0.109. The van der Waals surface area contributed by atoms with Crippen LogP contribution in [-0.2, 0) is 11.0 Å². The zero-order valence-corrected chi connectivity index (χ0v) is 30.6. The van der Waals surface area contributed by atoms with E-state index < -0.39 is 17.6 Å². The smallest absolute Gasteiger partial charge is 0.388 e. The van der Waals surface area contributed by atoms with Crippen LogP contribution in [0.2, 0.25) is 0 Å². The molecule has 0 radical (unpaired) electrons. The minimum atomic E-state index is -4.29. The van der Waals surface area contributed by atoms with Crippen LogP contribution in [0.4, 0.5) is 23.2 Å². The summed E-state index contributed by atoms with van der Waals surface area (Å²) in [6.45, 7) is 28.6. The van der Waals surface area contributed by atoms with Gasteiger partial charge in [0.2, 0.25) is 0 Å². The molecule has 3 aromatic carbocycles. The van der Waals surface area contributed by atoms with Crippen molar-refractivity contribution in [2.24, 2.45) is 0 Å². The number of hydrogen-bond acceptors (Lipinski definition) is 3. The lowest BCUT2D eigenvalue weighted by atomic mass is 10.1. The fraction of sp³-hybridized carbons (Fsp3) is 0.385. The highest BCUT2D eigenvalue weighted by atomic mass is 19.4. The summed E-state index contributed by atoms with van der Waals surface area (Å²) in [5.74, 6) is 2.14. The minimum Gasteiger partial charge on any atom is -0.388 e. The first-order valence-electron chi connectivity index (χ1n) is 15.5. The number of aryl methyl sites for hydroxylation is 3. The molecule has 7 heteroatoms. The Labute approximate surface area is 278 Å². The Morgan fingerprint density at radius 3 is 1.54 bits per heavy atom. The van der Waals surface area contributed by atoms with E-state index in [1.54, 1.807) is 25.1 Å². The second-order valence-electron chi connectivity index (χ2n) is 7.22. The Bertz CT molecular complexity index is 1220. The van der Waals surface area contributed by atoms with E-state index in [2.05, 4.69) is 17.8 Å². The number of anilines is 1. The molecule has 0 bridgehead atoms. The molecule has 1 N–H and O–H groups in total. The molecule has 0 saturated heterocycles. The van der Waals surface area contributed by atoms with Crippen molar-refractivity contribution in [3.63, 3.8) is 0 Å². The molecule has 258 valence electrons. The number of nitrogens with one attached hydrogen (secondary N) is 1. The van der Waals surface area contributed by atoms with Crippen LogP contribution in [-0.4, -0.2) is 13.3 Å². The van der Waals surface area contributed by atoms with Gasteiger partial charge < -0.3 is 5.32 Å². The van der Waals surface area contributed by atoms with Crippen LogP contribution in [0.5, 0.6) is 0 Å². The van der Waals surface area contributed by atoms with Gasteiger partial charge in [0.15, 0.2) is 0 Å². The number of nitrogens with zero attached hydrogens (tertiary/aromatic N) is 1. The van der Waals surface area contributed by atoms with E-state index in [9.17, 15) is 17.6 Å². The Kier molecular flexibility index (Phi) is 45.5. The molecule has 0 heterocycles. The van der Waals surface area contributed by atoms with Crippen LogP contribution in [0.15, 0.2) is 73.3 Å². The zero-order chi connectivity index (χ0) is 37.7. The molecule has 0 aliphatic carbocycles. The summed E-state index contributed by atoms with van der Waals surface area (Å²) in [5.41, 5.74) is 3.26. The molecule has 0 aliphatic heterocycles. The maximum absolute atomic E-state index is 12.5.